The molecule has 1 fully saturated rings. The Morgan fingerprint density at radius 1 is 1.12 bits per heavy atom. The van der Waals surface area contributed by atoms with Gasteiger partial charge in [-0.05, 0) is 62.2 Å². The van der Waals surface area contributed by atoms with E-state index in [9.17, 15) is 0 Å². The van der Waals surface area contributed by atoms with Gasteiger partial charge in [0.15, 0.2) is 0 Å². The summed E-state index contributed by atoms with van der Waals surface area (Å²) in [5.41, 5.74) is 2.51. The maximum atomic E-state index is 5.32. The van der Waals surface area contributed by atoms with Gasteiger partial charge in [0, 0.05) is 12.5 Å². The fraction of sp³-hybridized carbons (Fsp3) is 0.381. The van der Waals surface area contributed by atoms with Gasteiger partial charge >= 0.3 is 0 Å². The van der Waals surface area contributed by atoms with E-state index in [1.54, 1.807) is 7.11 Å². The molecule has 0 unspecified atom stereocenters. The Morgan fingerprint density at radius 3 is 2.76 bits per heavy atom. The summed E-state index contributed by atoms with van der Waals surface area (Å²) in [6.45, 7) is 3.47. The van der Waals surface area contributed by atoms with Crippen molar-refractivity contribution in [2.24, 2.45) is 0 Å². The fourth-order valence-electron chi connectivity index (χ4n) is 3.58. The van der Waals surface area contributed by atoms with Crippen molar-refractivity contribution >= 4 is 21.6 Å². The first-order chi connectivity index (χ1) is 12.3. The van der Waals surface area contributed by atoms with Gasteiger partial charge in [0.1, 0.15) is 5.75 Å². The molecule has 1 saturated heterocycles. The number of nitrogens with zero attached hydrogens (tertiary/aromatic N) is 2. The highest BCUT2D eigenvalue weighted by Gasteiger charge is 2.23. The molecule has 4 rings (SSSR count). The van der Waals surface area contributed by atoms with Crippen molar-refractivity contribution in [3.8, 4) is 5.75 Å². The van der Waals surface area contributed by atoms with Crippen molar-refractivity contribution in [1.29, 1.82) is 0 Å². The molecule has 0 aliphatic carbocycles. The lowest BCUT2D eigenvalue weighted by atomic mass is 9.97. The first-order valence-electron chi connectivity index (χ1n) is 9.02. The maximum absolute atomic E-state index is 5.32. The number of piperidine rings is 1. The number of rotatable bonds is 5. The highest BCUT2D eigenvalue weighted by Crippen LogP contribution is 2.33. The lowest BCUT2D eigenvalue weighted by Crippen LogP contribution is -2.34. The molecule has 3 nitrogen and oxygen atoms in total. The van der Waals surface area contributed by atoms with Crippen molar-refractivity contribution in [2.45, 2.75) is 25.2 Å². The zero-order valence-electron chi connectivity index (χ0n) is 14.6. The van der Waals surface area contributed by atoms with Gasteiger partial charge in [-0.1, -0.05) is 24.3 Å². The van der Waals surface area contributed by atoms with Crippen LogP contribution in [0, 0.1) is 0 Å². The van der Waals surface area contributed by atoms with E-state index < -0.39 is 0 Å². The molecule has 1 aromatic heterocycles. The van der Waals surface area contributed by atoms with Gasteiger partial charge in [-0.15, -0.1) is 11.3 Å². The van der Waals surface area contributed by atoms with E-state index >= 15 is 0 Å². The average molecular weight is 353 g/mol. The van der Waals surface area contributed by atoms with E-state index in [4.69, 9.17) is 9.72 Å². The first-order valence-corrected chi connectivity index (χ1v) is 9.84. The van der Waals surface area contributed by atoms with Gasteiger partial charge in [0.05, 0.1) is 22.3 Å². The number of benzene rings is 2. The SMILES string of the molecule is COc1cccc(CCN2CCC(c3nc4ccccc4s3)CC2)c1. The van der Waals surface area contributed by atoms with Gasteiger partial charge in [-0.25, -0.2) is 4.98 Å². The predicted octanol–water partition coefficient (Wildman–Crippen LogP) is 4.73. The van der Waals surface area contributed by atoms with Crippen LogP contribution in [0.15, 0.2) is 48.5 Å². The van der Waals surface area contributed by atoms with Crippen LogP contribution >= 0.6 is 11.3 Å². The van der Waals surface area contributed by atoms with E-state index in [0.717, 1.165) is 24.2 Å². The van der Waals surface area contributed by atoms with Gasteiger partial charge in [-0.3, -0.25) is 0 Å². The smallest absolute Gasteiger partial charge is 0.119 e. The Balaban J connectivity index is 1.32. The summed E-state index contributed by atoms with van der Waals surface area (Å²) in [5, 5.41) is 1.33. The molecular formula is C21H24N2OS. The first kappa shape index (κ1) is 16.6. The van der Waals surface area contributed by atoms with Crippen molar-refractivity contribution in [1.82, 2.24) is 9.88 Å². The summed E-state index contributed by atoms with van der Waals surface area (Å²) in [7, 11) is 1.73. The molecule has 1 aliphatic heterocycles. The Kier molecular flexibility index (Phi) is 4.99. The fourth-order valence-corrected chi connectivity index (χ4v) is 4.72. The van der Waals surface area contributed by atoms with Crippen LogP contribution in [0.4, 0.5) is 0 Å². The molecule has 0 saturated carbocycles. The monoisotopic (exact) mass is 352 g/mol. The van der Waals surface area contributed by atoms with Crippen molar-refractivity contribution in [3.63, 3.8) is 0 Å². The second-order valence-electron chi connectivity index (χ2n) is 6.74. The molecule has 4 heteroatoms. The van der Waals surface area contributed by atoms with Gasteiger partial charge < -0.3 is 9.64 Å². The third-order valence-electron chi connectivity index (χ3n) is 5.10. The van der Waals surface area contributed by atoms with Crippen LogP contribution in [0.3, 0.4) is 0 Å². The Labute approximate surface area is 153 Å². The summed E-state index contributed by atoms with van der Waals surface area (Å²) < 4.78 is 6.63. The molecule has 2 aromatic carbocycles. The number of thiazole rings is 1. The molecule has 2 heterocycles. The standard InChI is InChI=1S/C21H24N2OS/c1-24-18-6-4-5-16(15-18)9-12-23-13-10-17(11-14-23)21-22-19-7-2-3-8-20(19)25-21/h2-8,15,17H,9-14H2,1H3. The molecule has 0 N–H and O–H groups in total. The van der Waals surface area contributed by atoms with Crippen molar-refractivity contribution in [3.05, 3.63) is 59.1 Å². The molecule has 25 heavy (non-hydrogen) atoms. The molecule has 0 amide bonds. The summed E-state index contributed by atoms with van der Waals surface area (Å²) in [5.74, 6) is 1.58. The summed E-state index contributed by atoms with van der Waals surface area (Å²) in [6.07, 6.45) is 3.53. The number of hydrogen-bond donors (Lipinski definition) is 0. The van der Waals surface area contributed by atoms with Crippen LogP contribution in [0.5, 0.6) is 5.75 Å². The highest BCUT2D eigenvalue weighted by molar-refractivity contribution is 7.18. The van der Waals surface area contributed by atoms with Crippen LogP contribution in [-0.4, -0.2) is 36.6 Å². The number of fused-ring (bicyclic) bond motifs is 1. The molecule has 1 aliphatic rings. The largest absolute Gasteiger partial charge is 0.497 e. The topological polar surface area (TPSA) is 25.4 Å². The van der Waals surface area contributed by atoms with Crippen LogP contribution in [0.1, 0.15) is 29.3 Å². The molecule has 0 bridgehead atoms. The van der Waals surface area contributed by atoms with E-state index in [2.05, 4.69) is 47.4 Å². The lowest BCUT2D eigenvalue weighted by Gasteiger charge is -2.31. The number of para-hydroxylation sites is 1. The molecule has 0 spiro atoms. The summed E-state index contributed by atoms with van der Waals surface area (Å²) in [6, 6.07) is 16.9. The van der Waals surface area contributed by atoms with Gasteiger partial charge in [-0.2, -0.15) is 0 Å². The Hall–Kier alpha value is -1.91. The number of likely N-dealkylation sites (tertiary alicyclic amines) is 1. The zero-order chi connectivity index (χ0) is 17.1. The second kappa shape index (κ2) is 7.54. The van der Waals surface area contributed by atoms with E-state index in [-0.39, 0.29) is 0 Å². The molecular weight excluding hydrogens is 328 g/mol. The maximum Gasteiger partial charge on any atom is 0.119 e. The van der Waals surface area contributed by atoms with Crippen LogP contribution < -0.4 is 4.74 Å². The Bertz CT molecular complexity index is 804. The van der Waals surface area contributed by atoms with Crippen LogP contribution in [0.25, 0.3) is 10.2 Å². The number of methoxy groups -OCH3 is 1. The third kappa shape index (κ3) is 3.86. The minimum absolute atomic E-state index is 0.630. The normalized spacial score (nSPS) is 16.4. The van der Waals surface area contributed by atoms with Crippen molar-refractivity contribution in [2.75, 3.05) is 26.7 Å². The average Bonchev–Trinajstić information content (AvgIpc) is 3.11. The summed E-state index contributed by atoms with van der Waals surface area (Å²) >= 11 is 1.88. The van der Waals surface area contributed by atoms with Crippen LogP contribution in [-0.2, 0) is 6.42 Å². The minimum Gasteiger partial charge on any atom is -0.497 e. The quantitative estimate of drug-likeness (QED) is 0.664. The lowest BCUT2D eigenvalue weighted by molar-refractivity contribution is 0.214. The molecule has 0 radical (unpaired) electrons. The Morgan fingerprint density at radius 2 is 1.96 bits per heavy atom. The van der Waals surface area contributed by atoms with Crippen LogP contribution in [0.2, 0.25) is 0 Å². The van der Waals surface area contributed by atoms with E-state index in [0.29, 0.717) is 5.92 Å². The predicted molar refractivity (Wildman–Crippen MR) is 105 cm³/mol. The van der Waals surface area contributed by atoms with Crippen molar-refractivity contribution < 1.29 is 4.74 Å². The molecule has 0 atom stereocenters. The second-order valence-corrected chi connectivity index (χ2v) is 7.80. The summed E-state index contributed by atoms with van der Waals surface area (Å²) in [4.78, 5) is 7.45. The third-order valence-corrected chi connectivity index (χ3v) is 6.30. The van der Waals surface area contributed by atoms with E-state index in [1.807, 2.05) is 17.4 Å². The minimum atomic E-state index is 0.630. The number of ether oxygens (including phenoxy) is 1. The molecule has 3 aromatic rings. The molecule has 130 valence electrons. The van der Waals surface area contributed by atoms with Gasteiger partial charge in [0.25, 0.3) is 0 Å². The number of aromatic nitrogens is 1. The van der Waals surface area contributed by atoms with Gasteiger partial charge in [0.2, 0.25) is 0 Å². The zero-order valence-corrected chi connectivity index (χ0v) is 15.5. The highest BCUT2D eigenvalue weighted by atomic mass is 32.1. The van der Waals surface area contributed by atoms with E-state index in [1.165, 1.54) is 41.2 Å². The number of hydrogen-bond acceptors (Lipinski definition) is 4.